The van der Waals surface area contributed by atoms with E-state index in [4.69, 9.17) is 33.3 Å². The van der Waals surface area contributed by atoms with Crippen LogP contribution in [0.15, 0.2) is 53.6 Å². The van der Waals surface area contributed by atoms with Gasteiger partial charge in [-0.3, -0.25) is 14.5 Å². The molecule has 0 bridgehead atoms. The molecule has 1 aromatic heterocycles. The first kappa shape index (κ1) is 27.1. The number of nitrogens with one attached hydrogen (secondary N) is 1. The maximum absolute atomic E-state index is 12.9. The predicted molar refractivity (Wildman–Crippen MR) is 154 cm³/mol. The smallest absolute Gasteiger partial charge is 0.266 e. The lowest BCUT2D eigenvalue weighted by Crippen LogP contribution is -2.29. The van der Waals surface area contributed by atoms with Gasteiger partial charge in [-0.05, 0) is 41.8 Å². The van der Waals surface area contributed by atoms with Gasteiger partial charge in [-0.15, -0.1) is 11.3 Å². The van der Waals surface area contributed by atoms with Crippen molar-refractivity contribution >= 4 is 74.3 Å². The van der Waals surface area contributed by atoms with Crippen molar-refractivity contribution < 1.29 is 19.1 Å². The van der Waals surface area contributed by atoms with E-state index in [1.165, 1.54) is 28.0 Å². The van der Waals surface area contributed by atoms with E-state index in [0.717, 1.165) is 16.0 Å². The van der Waals surface area contributed by atoms with Crippen LogP contribution in [0.2, 0.25) is 5.02 Å². The van der Waals surface area contributed by atoms with E-state index < -0.39 is 0 Å². The summed E-state index contributed by atoms with van der Waals surface area (Å²) in [7, 11) is 3.13. The van der Waals surface area contributed by atoms with E-state index in [-0.39, 0.29) is 18.2 Å². The number of nitrogens with zero attached hydrogens (tertiary/aromatic N) is 2. The number of benzene rings is 2. The lowest BCUT2D eigenvalue weighted by atomic mass is 10.1. The highest BCUT2D eigenvalue weighted by atomic mass is 35.5. The normalized spacial score (nSPS) is 14.4. The quantitative estimate of drug-likeness (QED) is 0.234. The number of methoxy groups -OCH3 is 2. The van der Waals surface area contributed by atoms with Gasteiger partial charge in [0.05, 0.1) is 19.1 Å². The second-order valence-electron chi connectivity index (χ2n) is 8.00. The molecule has 11 heteroatoms. The highest BCUT2D eigenvalue weighted by molar-refractivity contribution is 8.26. The highest BCUT2D eigenvalue weighted by Crippen LogP contribution is 2.35. The summed E-state index contributed by atoms with van der Waals surface area (Å²) in [6.45, 7) is 0.358. The molecule has 0 aliphatic carbocycles. The Morgan fingerprint density at radius 3 is 2.73 bits per heavy atom. The van der Waals surface area contributed by atoms with E-state index in [1.807, 2.05) is 30.3 Å². The summed E-state index contributed by atoms with van der Waals surface area (Å²) in [6, 6.07) is 13.1. The number of thioether (sulfide) groups is 1. The Kier molecular flexibility index (Phi) is 9.20. The lowest BCUT2D eigenvalue weighted by Gasteiger charge is -2.13. The second kappa shape index (κ2) is 12.6. The monoisotopic (exact) mass is 573 g/mol. The van der Waals surface area contributed by atoms with Crippen LogP contribution < -0.4 is 14.8 Å². The number of anilines is 1. The Morgan fingerprint density at radius 2 is 1.97 bits per heavy atom. The Balaban J connectivity index is 1.28. The minimum atomic E-state index is -0.172. The van der Waals surface area contributed by atoms with Gasteiger partial charge in [-0.1, -0.05) is 59.8 Å². The van der Waals surface area contributed by atoms with Crippen LogP contribution in [0.3, 0.4) is 0 Å². The molecule has 192 valence electrons. The van der Waals surface area contributed by atoms with Crippen LogP contribution in [0, 0.1) is 0 Å². The first-order valence-electron chi connectivity index (χ1n) is 11.3. The zero-order valence-electron chi connectivity index (χ0n) is 20.2. The molecule has 1 N–H and O–H groups in total. The molecular formula is C26H24ClN3O4S3. The van der Waals surface area contributed by atoms with Crippen LogP contribution in [0.1, 0.15) is 28.8 Å². The molecule has 0 saturated carbocycles. The van der Waals surface area contributed by atoms with Crippen molar-refractivity contribution in [3.63, 3.8) is 0 Å². The van der Waals surface area contributed by atoms with Crippen molar-refractivity contribution in [1.29, 1.82) is 0 Å². The van der Waals surface area contributed by atoms with Crippen LogP contribution >= 0.6 is 46.9 Å². The predicted octanol–water partition coefficient (Wildman–Crippen LogP) is 6.02. The minimum Gasteiger partial charge on any atom is -0.493 e. The van der Waals surface area contributed by atoms with Crippen molar-refractivity contribution in [3.8, 4) is 11.5 Å². The van der Waals surface area contributed by atoms with Crippen molar-refractivity contribution in [2.24, 2.45) is 0 Å². The fourth-order valence-electron chi connectivity index (χ4n) is 3.64. The summed E-state index contributed by atoms with van der Waals surface area (Å²) >= 11 is 14.3. The van der Waals surface area contributed by atoms with Crippen LogP contribution in [-0.2, 0) is 16.0 Å². The third-order valence-electron chi connectivity index (χ3n) is 5.49. The highest BCUT2D eigenvalue weighted by Gasteiger charge is 2.31. The molecule has 0 unspecified atom stereocenters. The summed E-state index contributed by atoms with van der Waals surface area (Å²) in [5.74, 6) is 0.855. The van der Waals surface area contributed by atoms with E-state index in [1.54, 1.807) is 38.6 Å². The van der Waals surface area contributed by atoms with Gasteiger partial charge in [0.15, 0.2) is 16.6 Å². The van der Waals surface area contributed by atoms with Gasteiger partial charge in [0.25, 0.3) is 5.91 Å². The van der Waals surface area contributed by atoms with E-state index in [2.05, 4.69) is 10.3 Å². The van der Waals surface area contributed by atoms with Gasteiger partial charge in [0.1, 0.15) is 4.32 Å². The SMILES string of the molecule is COc1ccc(/C=C2\SC(=S)N(CCCC(=O)Nc3ncc(Cc4ccccc4Cl)s3)C2=O)cc1OC. The largest absolute Gasteiger partial charge is 0.493 e. The number of hydrogen-bond donors (Lipinski definition) is 1. The molecule has 37 heavy (non-hydrogen) atoms. The van der Waals surface area contributed by atoms with E-state index in [0.29, 0.717) is 50.3 Å². The number of thiocarbonyl (C=S) groups is 1. The first-order chi connectivity index (χ1) is 17.9. The van der Waals surface area contributed by atoms with Gasteiger partial charge >= 0.3 is 0 Å². The maximum Gasteiger partial charge on any atom is 0.266 e. The number of hydrogen-bond acceptors (Lipinski definition) is 8. The summed E-state index contributed by atoms with van der Waals surface area (Å²) in [5.41, 5.74) is 1.81. The molecule has 3 aromatic rings. The van der Waals surface area contributed by atoms with Crippen molar-refractivity contribution in [1.82, 2.24) is 9.88 Å². The van der Waals surface area contributed by atoms with Crippen molar-refractivity contribution in [2.75, 3.05) is 26.1 Å². The second-order valence-corrected chi connectivity index (χ2v) is 11.2. The van der Waals surface area contributed by atoms with Crippen LogP contribution in [0.25, 0.3) is 6.08 Å². The third kappa shape index (κ3) is 6.89. The standard InChI is InChI=1S/C26H24ClN3O4S3/c1-33-20-10-9-16(12-21(20)34-2)13-22-24(32)30(26(35)37-22)11-5-8-23(31)29-25-28-15-18(36-25)14-17-6-3-4-7-19(17)27/h3-4,6-7,9-10,12-13,15H,5,8,11,14H2,1-2H3,(H,28,29,31)/b22-13-. The number of carbonyl (C=O) groups is 2. The number of amides is 2. The Morgan fingerprint density at radius 1 is 1.19 bits per heavy atom. The molecule has 2 heterocycles. The molecule has 0 spiro atoms. The molecule has 1 aliphatic heterocycles. The van der Waals surface area contributed by atoms with E-state index in [9.17, 15) is 9.59 Å². The topological polar surface area (TPSA) is 80.8 Å². The zero-order chi connectivity index (χ0) is 26.4. The summed E-state index contributed by atoms with van der Waals surface area (Å²) in [6.07, 6.45) is 4.88. The Bertz CT molecular complexity index is 1360. The number of rotatable bonds is 10. The molecule has 4 rings (SSSR count). The molecule has 7 nitrogen and oxygen atoms in total. The van der Waals surface area contributed by atoms with Gasteiger partial charge in [-0.25, -0.2) is 4.98 Å². The summed E-state index contributed by atoms with van der Waals surface area (Å²) in [4.78, 5) is 32.7. The minimum absolute atomic E-state index is 0.162. The fourth-order valence-corrected chi connectivity index (χ4v) is 6.01. The molecule has 1 aliphatic rings. The van der Waals surface area contributed by atoms with E-state index >= 15 is 0 Å². The number of carbonyl (C=O) groups excluding carboxylic acids is 2. The number of thiazole rings is 1. The van der Waals surface area contributed by atoms with Gasteiger partial charge in [0, 0.05) is 35.5 Å². The fraction of sp³-hybridized carbons (Fsp3) is 0.231. The molecule has 2 aromatic carbocycles. The van der Waals surface area contributed by atoms with Crippen LogP contribution in [0.5, 0.6) is 11.5 Å². The number of aromatic nitrogens is 1. The molecule has 1 saturated heterocycles. The van der Waals surface area contributed by atoms with Gasteiger partial charge in [0.2, 0.25) is 5.91 Å². The Hall–Kier alpha value is -2.92. The summed E-state index contributed by atoms with van der Waals surface area (Å²) < 4.78 is 11.1. The number of halogens is 1. The molecule has 0 atom stereocenters. The third-order valence-corrected chi connectivity index (χ3v) is 8.15. The molecule has 0 radical (unpaired) electrons. The average Bonchev–Trinajstić information content (AvgIpc) is 3.43. The summed E-state index contributed by atoms with van der Waals surface area (Å²) in [5, 5.41) is 4.07. The molecule has 1 fully saturated rings. The maximum atomic E-state index is 12.9. The molecular weight excluding hydrogens is 550 g/mol. The van der Waals surface area contributed by atoms with Crippen molar-refractivity contribution in [2.45, 2.75) is 19.3 Å². The van der Waals surface area contributed by atoms with Gasteiger partial charge in [-0.2, -0.15) is 0 Å². The average molecular weight is 574 g/mol. The molecule has 2 amide bonds. The lowest BCUT2D eigenvalue weighted by molar-refractivity contribution is -0.122. The number of ether oxygens (including phenoxy) is 2. The zero-order valence-corrected chi connectivity index (χ0v) is 23.4. The van der Waals surface area contributed by atoms with Gasteiger partial charge < -0.3 is 14.8 Å². The van der Waals surface area contributed by atoms with Crippen LogP contribution in [0.4, 0.5) is 5.13 Å². The van der Waals surface area contributed by atoms with Crippen LogP contribution in [-0.4, -0.2) is 46.8 Å². The Labute approximate surface area is 233 Å². The first-order valence-corrected chi connectivity index (χ1v) is 13.7. The van der Waals surface area contributed by atoms with Crippen molar-refractivity contribution in [3.05, 3.63) is 74.6 Å².